The maximum absolute atomic E-state index is 13.1. The van der Waals surface area contributed by atoms with Crippen LogP contribution in [0.4, 0.5) is 5.69 Å². The molecule has 3 aromatic rings. The molecular weight excluding hydrogens is 456 g/mol. The quantitative estimate of drug-likeness (QED) is 0.302. The molecule has 0 radical (unpaired) electrons. The highest BCUT2D eigenvalue weighted by molar-refractivity contribution is 6.06. The Labute approximate surface area is 210 Å². The van der Waals surface area contributed by atoms with Gasteiger partial charge in [-0.25, -0.2) is 5.43 Å². The first-order valence-electron chi connectivity index (χ1n) is 11.5. The van der Waals surface area contributed by atoms with Crippen molar-refractivity contribution < 1.29 is 19.1 Å². The number of carbonyl (C=O) groups is 2. The monoisotopic (exact) mass is 484 g/mol. The van der Waals surface area contributed by atoms with Crippen LogP contribution in [0.15, 0.2) is 83.6 Å². The molecule has 0 aromatic heterocycles. The summed E-state index contributed by atoms with van der Waals surface area (Å²) in [6, 6.07) is 21.8. The minimum Gasteiger partial charge on any atom is -0.486 e. The summed E-state index contributed by atoms with van der Waals surface area (Å²) in [6.07, 6.45) is 1.62. The Morgan fingerprint density at radius 3 is 2.28 bits per heavy atom. The molecule has 0 spiro atoms. The van der Waals surface area contributed by atoms with Crippen molar-refractivity contribution in [3.05, 3.63) is 95.2 Å². The average Bonchev–Trinajstić information content (AvgIpc) is 2.91. The molecule has 2 amide bonds. The van der Waals surface area contributed by atoms with Crippen LogP contribution < -0.4 is 25.1 Å². The van der Waals surface area contributed by atoms with Crippen LogP contribution in [0, 0.1) is 0 Å². The van der Waals surface area contributed by atoms with E-state index in [1.165, 1.54) is 0 Å². The topological polar surface area (TPSA) is 92.3 Å². The number of ether oxygens (including phenoxy) is 2. The number of benzene rings is 3. The largest absolute Gasteiger partial charge is 0.486 e. The van der Waals surface area contributed by atoms with Crippen LogP contribution in [0.25, 0.3) is 6.08 Å². The molecule has 8 heteroatoms. The van der Waals surface area contributed by atoms with Gasteiger partial charge in [-0.1, -0.05) is 30.3 Å². The van der Waals surface area contributed by atoms with Gasteiger partial charge in [-0.2, -0.15) is 5.10 Å². The molecule has 184 valence electrons. The molecule has 2 N–H and O–H groups in total. The van der Waals surface area contributed by atoms with E-state index >= 15 is 0 Å². The third kappa shape index (κ3) is 6.09. The Morgan fingerprint density at radius 2 is 1.58 bits per heavy atom. The van der Waals surface area contributed by atoms with Crippen molar-refractivity contribution in [1.29, 1.82) is 0 Å². The lowest BCUT2D eigenvalue weighted by Crippen LogP contribution is -2.33. The Bertz CT molecular complexity index is 1300. The zero-order valence-electron chi connectivity index (χ0n) is 20.4. The van der Waals surface area contributed by atoms with E-state index in [0.29, 0.717) is 36.0 Å². The molecule has 0 unspecified atom stereocenters. The van der Waals surface area contributed by atoms with Crippen LogP contribution in [0.5, 0.6) is 11.5 Å². The summed E-state index contributed by atoms with van der Waals surface area (Å²) >= 11 is 0. The van der Waals surface area contributed by atoms with E-state index in [-0.39, 0.29) is 5.70 Å². The number of hydrogen-bond acceptors (Lipinski definition) is 6. The fourth-order valence-electron chi connectivity index (χ4n) is 3.51. The second-order valence-corrected chi connectivity index (χ2v) is 8.36. The number of rotatable bonds is 7. The maximum atomic E-state index is 13.1. The van der Waals surface area contributed by atoms with Crippen LogP contribution in [0.3, 0.4) is 0 Å². The van der Waals surface area contributed by atoms with Crippen LogP contribution in [0.2, 0.25) is 0 Å². The summed E-state index contributed by atoms with van der Waals surface area (Å²) in [4.78, 5) is 27.9. The smallest absolute Gasteiger partial charge is 0.287 e. The molecule has 1 heterocycles. The van der Waals surface area contributed by atoms with Gasteiger partial charge in [-0.05, 0) is 61.0 Å². The van der Waals surface area contributed by atoms with Gasteiger partial charge in [0.1, 0.15) is 18.9 Å². The minimum absolute atomic E-state index is 0.0696. The summed E-state index contributed by atoms with van der Waals surface area (Å²) in [6.45, 7) is 2.77. The molecule has 1 aliphatic rings. The highest BCUT2D eigenvalue weighted by Gasteiger charge is 2.16. The van der Waals surface area contributed by atoms with Crippen LogP contribution >= 0.6 is 0 Å². The van der Waals surface area contributed by atoms with E-state index in [0.717, 1.165) is 16.8 Å². The van der Waals surface area contributed by atoms with E-state index in [4.69, 9.17) is 9.47 Å². The number of carbonyl (C=O) groups excluding carboxylic acids is 2. The Morgan fingerprint density at radius 1 is 0.889 bits per heavy atom. The van der Waals surface area contributed by atoms with E-state index in [9.17, 15) is 9.59 Å². The number of hydrogen-bond donors (Lipinski definition) is 2. The van der Waals surface area contributed by atoms with Crippen molar-refractivity contribution in [2.45, 2.75) is 6.92 Å². The number of anilines is 1. The molecule has 0 saturated carbocycles. The molecule has 4 rings (SSSR count). The van der Waals surface area contributed by atoms with Crippen molar-refractivity contribution >= 4 is 29.3 Å². The zero-order chi connectivity index (χ0) is 25.5. The van der Waals surface area contributed by atoms with Gasteiger partial charge >= 0.3 is 0 Å². The van der Waals surface area contributed by atoms with Crippen molar-refractivity contribution in [3.8, 4) is 11.5 Å². The number of amides is 2. The normalized spacial score (nSPS) is 13.1. The standard InChI is InChI=1S/C28H28N4O4/c1-19(22-11-14-25-26(18-22)36-16-15-35-25)30-31-28(34)24(29-27(33)21-7-5-4-6-8-21)17-20-9-12-23(13-10-20)32(2)3/h4-14,17-18H,15-16H2,1-3H3,(H,29,33)(H,31,34). The second-order valence-electron chi connectivity index (χ2n) is 8.36. The van der Waals surface area contributed by atoms with Crippen molar-refractivity contribution in [1.82, 2.24) is 10.7 Å². The Balaban J connectivity index is 1.55. The SMILES string of the molecule is CC(=NNC(=O)C(=Cc1ccc(N(C)C)cc1)NC(=O)c1ccccc1)c1ccc2c(c1)OCCO2. The first-order valence-corrected chi connectivity index (χ1v) is 11.5. The predicted molar refractivity (Wildman–Crippen MR) is 140 cm³/mol. The van der Waals surface area contributed by atoms with Gasteiger partial charge in [0.25, 0.3) is 11.8 Å². The highest BCUT2D eigenvalue weighted by atomic mass is 16.6. The second kappa shape index (κ2) is 11.2. The fourth-order valence-corrected chi connectivity index (χ4v) is 3.51. The van der Waals surface area contributed by atoms with Crippen LogP contribution in [-0.2, 0) is 4.79 Å². The lowest BCUT2D eigenvalue weighted by Gasteiger charge is -2.18. The summed E-state index contributed by atoms with van der Waals surface area (Å²) in [5.41, 5.74) is 6.19. The summed E-state index contributed by atoms with van der Waals surface area (Å²) in [5.74, 6) is 0.370. The van der Waals surface area contributed by atoms with E-state index in [1.807, 2.05) is 67.5 Å². The van der Waals surface area contributed by atoms with Gasteiger partial charge in [-0.15, -0.1) is 0 Å². The number of fused-ring (bicyclic) bond motifs is 1. The molecule has 1 aliphatic heterocycles. The molecule has 36 heavy (non-hydrogen) atoms. The third-order valence-electron chi connectivity index (χ3n) is 5.53. The molecule has 8 nitrogen and oxygen atoms in total. The van der Waals surface area contributed by atoms with E-state index in [2.05, 4.69) is 15.8 Å². The van der Waals surface area contributed by atoms with Gasteiger partial charge in [0.05, 0.1) is 5.71 Å². The van der Waals surface area contributed by atoms with Gasteiger partial charge in [0.15, 0.2) is 11.5 Å². The van der Waals surface area contributed by atoms with Crippen LogP contribution in [-0.4, -0.2) is 44.8 Å². The van der Waals surface area contributed by atoms with E-state index < -0.39 is 11.8 Å². The lowest BCUT2D eigenvalue weighted by atomic mass is 10.1. The highest BCUT2D eigenvalue weighted by Crippen LogP contribution is 2.30. The molecule has 0 aliphatic carbocycles. The fraction of sp³-hybridized carbons (Fsp3) is 0.179. The summed E-state index contributed by atoms with van der Waals surface area (Å²) in [7, 11) is 3.90. The average molecular weight is 485 g/mol. The molecule has 0 saturated heterocycles. The Hall–Kier alpha value is -4.59. The van der Waals surface area contributed by atoms with Crippen molar-refractivity contribution in [2.24, 2.45) is 5.10 Å². The van der Waals surface area contributed by atoms with Crippen molar-refractivity contribution in [2.75, 3.05) is 32.2 Å². The minimum atomic E-state index is -0.548. The van der Waals surface area contributed by atoms with Crippen molar-refractivity contribution in [3.63, 3.8) is 0 Å². The predicted octanol–water partition coefficient (Wildman–Crippen LogP) is 3.84. The molecule has 3 aromatic carbocycles. The molecule has 0 atom stereocenters. The first kappa shape index (κ1) is 24.5. The summed E-state index contributed by atoms with van der Waals surface area (Å²) < 4.78 is 11.2. The van der Waals surface area contributed by atoms with Gasteiger partial charge in [0.2, 0.25) is 0 Å². The molecule has 0 bridgehead atoms. The molecular formula is C28H28N4O4. The zero-order valence-corrected chi connectivity index (χ0v) is 20.4. The number of nitrogens with zero attached hydrogens (tertiary/aromatic N) is 2. The molecule has 0 fully saturated rings. The summed E-state index contributed by atoms with van der Waals surface area (Å²) in [5, 5.41) is 6.96. The maximum Gasteiger partial charge on any atom is 0.287 e. The van der Waals surface area contributed by atoms with Gasteiger partial charge < -0.3 is 19.7 Å². The van der Waals surface area contributed by atoms with E-state index in [1.54, 1.807) is 37.3 Å². The Kier molecular flexibility index (Phi) is 7.65. The first-order chi connectivity index (χ1) is 17.4. The van der Waals surface area contributed by atoms with Gasteiger partial charge in [0, 0.05) is 30.9 Å². The van der Waals surface area contributed by atoms with Crippen LogP contribution in [0.1, 0.15) is 28.4 Å². The third-order valence-corrected chi connectivity index (χ3v) is 5.53. The number of hydrazone groups is 1. The lowest BCUT2D eigenvalue weighted by molar-refractivity contribution is -0.117. The van der Waals surface area contributed by atoms with Gasteiger partial charge in [-0.3, -0.25) is 9.59 Å². The number of nitrogens with one attached hydrogen (secondary N) is 2.